The highest BCUT2D eigenvalue weighted by Gasteiger charge is 2.16. The molecule has 6 heteroatoms. The number of hydrogen-bond acceptors (Lipinski definition) is 3. The molecule has 2 aromatic carbocycles. The Bertz CT molecular complexity index is 699. The Balaban J connectivity index is 2.32. The van der Waals surface area contributed by atoms with Gasteiger partial charge in [-0.25, -0.2) is 8.42 Å². The molecule has 0 atom stereocenters. The molecule has 0 saturated carbocycles. The summed E-state index contributed by atoms with van der Waals surface area (Å²) in [7, 11) is -3.42. The van der Waals surface area contributed by atoms with Crippen LogP contribution in [-0.2, 0) is 15.6 Å². The highest BCUT2D eigenvalue weighted by molar-refractivity contribution is 9.10. The lowest BCUT2D eigenvalue weighted by molar-refractivity contribution is 0.595. The minimum absolute atomic E-state index is 0.0689. The van der Waals surface area contributed by atoms with Crippen molar-refractivity contribution in [1.29, 1.82) is 0 Å². The van der Waals surface area contributed by atoms with Crippen molar-refractivity contribution in [2.45, 2.75) is 10.6 Å². The van der Waals surface area contributed by atoms with Crippen LogP contribution in [0.1, 0.15) is 5.56 Å². The van der Waals surface area contributed by atoms with Crippen LogP contribution in [0.2, 0.25) is 5.02 Å². The average Bonchev–Trinajstić information content (AvgIpc) is 2.35. The van der Waals surface area contributed by atoms with E-state index in [9.17, 15) is 8.42 Å². The van der Waals surface area contributed by atoms with E-state index < -0.39 is 9.84 Å². The van der Waals surface area contributed by atoms with Gasteiger partial charge in [-0.1, -0.05) is 39.7 Å². The summed E-state index contributed by atoms with van der Waals surface area (Å²) in [6, 6.07) is 11.5. The van der Waals surface area contributed by atoms with Crippen LogP contribution in [0.3, 0.4) is 0 Å². The number of anilines is 1. The lowest BCUT2D eigenvalue weighted by Crippen LogP contribution is -2.05. The van der Waals surface area contributed by atoms with Gasteiger partial charge in [-0.2, -0.15) is 0 Å². The molecule has 0 heterocycles. The molecule has 0 aliphatic rings. The third-order valence-electron chi connectivity index (χ3n) is 2.60. The van der Waals surface area contributed by atoms with Gasteiger partial charge in [0.1, 0.15) is 0 Å². The van der Waals surface area contributed by atoms with E-state index in [0.717, 1.165) is 10.0 Å². The summed E-state index contributed by atoms with van der Waals surface area (Å²) in [5.74, 6) is -0.0689. The summed E-state index contributed by atoms with van der Waals surface area (Å²) in [5.41, 5.74) is 6.65. The van der Waals surface area contributed by atoms with E-state index in [-0.39, 0.29) is 15.7 Å². The Hall–Kier alpha value is -1.04. The average molecular weight is 361 g/mol. The van der Waals surface area contributed by atoms with Gasteiger partial charge in [-0.3, -0.25) is 0 Å². The molecule has 19 heavy (non-hydrogen) atoms. The third-order valence-corrected chi connectivity index (χ3v) is 5.14. The predicted octanol–water partition coefficient (Wildman–Crippen LogP) is 3.66. The molecule has 0 spiro atoms. The Morgan fingerprint density at radius 3 is 2.32 bits per heavy atom. The second-order valence-electron chi connectivity index (χ2n) is 4.07. The number of halogens is 2. The van der Waals surface area contributed by atoms with Crippen LogP contribution in [0, 0.1) is 0 Å². The van der Waals surface area contributed by atoms with E-state index in [4.69, 9.17) is 17.3 Å². The smallest absolute Gasteiger partial charge is 0.182 e. The quantitative estimate of drug-likeness (QED) is 0.850. The zero-order valence-corrected chi connectivity index (χ0v) is 13.0. The van der Waals surface area contributed by atoms with Gasteiger partial charge in [0.15, 0.2) is 9.84 Å². The van der Waals surface area contributed by atoms with Gasteiger partial charge >= 0.3 is 0 Å². The molecule has 0 bridgehead atoms. The molecular formula is C13H11BrClNO2S. The molecule has 0 amide bonds. The van der Waals surface area contributed by atoms with Crippen molar-refractivity contribution in [3.8, 4) is 0 Å². The molecule has 3 nitrogen and oxygen atoms in total. The minimum Gasteiger partial charge on any atom is -0.398 e. The van der Waals surface area contributed by atoms with Gasteiger partial charge in [0, 0.05) is 4.47 Å². The fourth-order valence-electron chi connectivity index (χ4n) is 1.58. The monoisotopic (exact) mass is 359 g/mol. The number of sulfone groups is 1. The molecule has 0 unspecified atom stereocenters. The fraction of sp³-hybridized carbons (Fsp3) is 0.0769. The summed E-state index contributed by atoms with van der Waals surface area (Å²) >= 11 is 9.15. The summed E-state index contributed by atoms with van der Waals surface area (Å²) in [6.07, 6.45) is 0. The minimum atomic E-state index is -3.42. The van der Waals surface area contributed by atoms with Gasteiger partial charge < -0.3 is 5.73 Å². The van der Waals surface area contributed by atoms with Gasteiger partial charge in [0.05, 0.1) is 21.4 Å². The van der Waals surface area contributed by atoms with E-state index >= 15 is 0 Å². The van der Waals surface area contributed by atoms with Crippen molar-refractivity contribution in [2.75, 3.05) is 5.73 Å². The van der Waals surface area contributed by atoms with E-state index in [1.165, 1.54) is 18.2 Å². The first-order valence-corrected chi connectivity index (χ1v) is 8.23. The van der Waals surface area contributed by atoms with Gasteiger partial charge in [0.2, 0.25) is 0 Å². The van der Waals surface area contributed by atoms with Gasteiger partial charge in [-0.15, -0.1) is 0 Å². The van der Waals surface area contributed by atoms with Crippen molar-refractivity contribution in [2.24, 2.45) is 0 Å². The molecule has 0 aliphatic heterocycles. The predicted molar refractivity (Wildman–Crippen MR) is 80.9 cm³/mol. The number of nitrogen functional groups attached to an aromatic ring is 1. The first-order valence-electron chi connectivity index (χ1n) is 5.41. The van der Waals surface area contributed by atoms with Crippen LogP contribution in [0.15, 0.2) is 51.8 Å². The Kier molecular flexibility index (Phi) is 4.18. The summed E-state index contributed by atoms with van der Waals surface area (Å²) in [5, 5.41) is 0.247. The Labute approximate surface area is 125 Å². The molecule has 0 aliphatic carbocycles. The van der Waals surface area contributed by atoms with Crippen LogP contribution < -0.4 is 5.73 Å². The number of nitrogens with two attached hydrogens (primary N) is 1. The largest absolute Gasteiger partial charge is 0.398 e. The van der Waals surface area contributed by atoms with Crippen molar-refractivity contribution < 1.29 is 8.42 Å². The molecule has 100 valence electrons. The SMILES string of the molecule is Nc1ccc(S(=O)(=O)Cc2ccc(Br)cc2)cc1Cl. The maximum Gasteiger partial charge on any atom is 0.182 e. The van der Waals surface area contributed by atoms with E-state index in [1.807, 2.05) is 0 Å². The maximum atomic E-state index is 12.2. The molecule has 0 saturated heterocycles. The molecular weight excluding hydrogens is 350 g/mol. The normalized spacial score (nSPS) is 11.5. The number of hydrogen-bond donors (Lipinski definition) is 1. The third kappa shape index (κ3) is 3.49. The molecule has 2 N–H and O–H groups in total. The summed E-state index contributed by atoms with van der Waals surface area (Å²) in [6.45, 7) is 0. The second-order valence-corrected chi connectivity index (χ2v) is 7.38. The van der Waals surface area contributed by atoms with Crippen LogP contribution in [-0.4, -0.2) is 8.42 Å². The van der Waals surface area contributed by atoms with Gasteiger partial charge in [0.25, 0.3) is 0 Å². The first-order chi connectivity index (χ1) is 8.88. The zero-order valence-electron chi connectivity index (χ0n) is 9.81. The van der Waals surface area contributed by atoms with Crippen molar-refractivity contribution >= 4 is 43.1 Å². The molecule has 2 rings (SSSR count). The summed E-state index contributed by atoms with van der Waals surface area (Å²) < 4.78 is 25.4. The Morgan fingerprint density at radius 2 is 1.74 bits per heavy atom. The second kappa shape index (κ2) is 5.53. The Morgan fingerprint density at radius 1 is 1.11 bits per heavy atom. The molecule has 2 aromatic rings. The molecule has 0 radical (unpaired) electrons. The topological polar surface area (TPSA) is 60.2 Å². The fourth-order valence-corrected chi connectivity index (χ4v) is 3.46. The zero-order chi connectivity index (χ0) is 14.0. The van der Waals surface area contributed by atoms with E-state index in [2.05, 4.69) is 15.9 Å². The number of benzene rings is 2. The standard InChI is InChI=1S/C13H11BrClNO2S/c14-10-3-1-9(2-4-10)8-19(17,18)11-5-6-13(16)12(15)7-11/h1-7H,8,16H2. The number of rotatable bonds is 3. The van der Waals surface area contributed by atoms with Gasteiger partial charge in [-0.05, 0) is 35.9 Å². The van der Waals surface area contributed by atoms with Crippen LogP contribution in [0.5, 0.6) is 0 Å². The summed E-state index contributed by atoms with van der Waals surface area (Å²) in [4.78, 5) is 0.176. The van der Waals surface area contributed by atoms with Crippen molar-refractivity contribution in [3.63, 3.8) is 0 Å². The lowest BCUT2D eigenvalue weighted by Gasteiger charge is -2.06. The highest BCUT2D eigenvalue weighted by atomic mass is 79.9. The maximum absolute atomic E-state index is 12.2. The van der Waals surface area contributed by atoms with Crippen LogP contribution >= 0.6 is 27.5 Å². The highest BCUT2D eigenvalue weighted by Crippen LogP contribution is 2.25. The van der Waals surface area contributed by atoms with E-state index in [1.54, 1.807) is 24.3 Å². The van der Waals surface area contributed by atoms with Crippen molar-refractivity contribution in [1.82, 2.24) is 0 Å². The molecule has 0 aromatic heterocycles. The lowest BCUT2D eigenvalue weighted by atomic mass is 10.2. The van der Waals surface area contributed by atoms with E-state index in [0.29, 0.717) is 5.69 Å². The first kappa shape index (κ1) is 14.4. The van der Waals surface area contributed by atoms with Crippen molar-refractivity contribution in [3.05, 3.63) is 57.5 Å². The van der Waals surface area contributed by atoms with Crippen LogP contribution in [0.25, 0.3) is 0 Å². The van der Waals surface area contributed by atoms with Crippen LogP contribution in [0.4, 0.5) is 5.69 Å². The molecule has 0 fully saturated rings.